The molecule has 1 aromatic rings. The van der Waals surface area contributed by atoms with E-state index in [-0.39, 0.29) is 0 Å². The summed E-state index contributed by atoms with van der Waals surface area (Å²) in [5.41, 5.74) is 2.51. The van der Waals surface area contributed by atoms with Crippen molar-refractivity contribution >= 4 is 27.7 Å². The van der Waals surface area contributed by atoms with E-state index < -0.39 is 0 Å². The van der Waals surface area contributed by atoms with Gasteiger partial charge in [0, 0.05) is 18.8 Å². The van der Waals surface area contributed by atoms with E-state index in [4.69, 9.17) is 5.84 Å². The van der Waals surface area contributed by atoms with Gasteiger partial charge in [-0.3, -0.25) is 5.43 Å². The van der Waals surface area contributed by atoms with Crippen molar-refractivity contribution in [2.45, 2.75) is 45.1 Å². The van der Waals surface area contributed by atoms with Gasteiger partial charge in [-0.2, -0.15) is 4.98 Å². The van der Waals surface area contributed by atoms with Crippen molar-refractivity contribution < 1.29 is 0 Å². The van der Waals surface area contributed by atoms with Crippen LogP contribution in [0.25, 0.3) is 0 Å². The number of hydrogen-bond acceptors (Lipinski definition) is 5. The van der Waals surface area contributed by atoms with E-state index in [2.05, 4.69) is 43.1 Å². The van der Waals surface area contributed by atoms with Gasteiger partial charge in [0.2, 0.25) is 5.95 Å². The molecule has 0 atom stereocenters. The maximum Gasteiger partial charge on any atom is 0.239 e. The number of nitrogens with zero attached hydrogens (tertiary/aromatic N) is 3. The third-order valence-electron chi connectivity index (χ3n) is 3.48. The minimum Gasteiger partial charge on any atom is -0.353 e. The molecule has 0 spiro atoms. The maximum atomic E-state index is 5.38. The number of nitrogens with one attached hydrogen (secondary N) is 1. The molecule has 18 heavy (non-hydrogen) atoms. The second-order valence-electron chi connectivity index (χ2n) is 4.59. The van der Waals surface area contributed by atoms with Crippen LogP contribution in [0.15, 0.2) is 10.7 Å². The number of nitrogen functional groups attached to an aromatic ring is 1. The lowest BCUT2D eigenvalue weighted by molar-refractivity contribution is 0.416. The van der Waals surface area contributed by atoms with Crippen LogP contribution in [-0.4, -0.2) is 22.6 Å². The number of anilines is 2. The average Bonchev–Trinajstić information content (AvgIpc) is 2.43. The van der Waals surface area contributed by atoms with Crippen LogP contribution in [-0.2, 0) is 0 Å². The van der Waals surface area contributed by atoms with Crippen LogP contribution in [0.4, 0.5) is 11.8 Å². The monoisotopic (exact) mass is 313 g/mol. The van der Waals surface area contributed by atoms with Crippen LogP contribution >= 0.6 is 15.9 Å². The summed E-state index contributed by atoms with van der Waals surface area (Å²) in [6, 6.07) is 0.584. The quantitative estimate of drug-likeness (QED) is 0.661. The normalized spacial score (nSPS) is 16.6. The Hall–Kier alpha value is -0.880. The van der Waals surface area contributed by atoms with Gasteiger partial charge in [-0.25, -0.2) is 10.8 Å². The number of hydrogen-bond donors (Lipinski definition) is 2. The molecule has 1 saturated carbocycles. The van der Waals surface area contributed by atoms with Gasteiger partial charge in [-0.15, -0.1) is 0 Å². The van der Waals surface area contributed by atoms with Gasteiger partial charge in [-0.1, -0.05) is 19.3 Å². The summed E-state index contributed by atoms with van der Waals surface area (Å²) < 4.78 is 0.925. The first-order valence-corrected chi connectivity index (χ1v) is 7.31. The fourth-order valence-corrected chi connectivity index (χ4v) is 3.02. The summed E-state index contributed by atoms with van der Waals surface area (Å²) >= 11 is 3.53. The van der Waals surface area contributed by atoms with Crippen molar-refractivity contribution in [1.82, 2.24) is 9.97 Å². The molecule has 5 nitrogen and oxygen atoms in total. The fourth-order valence-electron chi connectivity index (χ4n) is 2.60. The van der Waals surface area contributed by atoms with Gasteiger partial charge in [0.15, 0.2) is 0 Å². The smallest absolute Gasteiger partial charge is 0.239 e. The minimum absolute atomic E-state index is 0.461. The van der Waals surface area contributed by atoms with E-state index in [9.17, 15) is 0 Å². The molecule has 0 radical (unpaired) electrons. The largest absolute Gasteiger partial charge is 0.353 e. The Morgan fingerprint density at radius 1 is 1.44 bits per heavy atom. The SMILES string of the molecule is CCN(c1nc(NN)ncc1Br)C1CCCCC1. The minimum atomic E-state index is 0.461. The summed E-state index contributed by atoms with van der Waals surface area (Å²) in [6.45, 7) is 3.11. The summed E-state index contributed by atoms with van der Waals surface area (Å²) in [6.07, 6.45) is 8.22. The molecule has 0 aromatic carbocycles. The van der Waals surface area contributed by atoms with E-state index >= 15 is 0 Å². The van der Waals surface area contributed by atoms with Crippen LogP contribution in [0.2, 0.25) is 0 Å². The Labute approximate surface area is 116 Å². The molecule has 0 unspecified atom stereocenters. The maximum absolute atomic E-state index is 5.38. The third-order valence-corrected chi connectivity index (χ3v) is 4.04. The molecule has 2 rings (SSSR count). The molecule has 0 bridgehead atoms. The van der Waals surface area contributed by atoms with Crippen molar-refractivity contribution in [3.05, 3.63) is 10.7 Å². The standard InChI is InChI=1S/C12H20BrN5/c1-2-18(9-6-4-3-5-7-9)11-10(13)8-15-12(16-11)17-14/h8-9H,2-7,14H2,1H3,(H,15,16,17). The van der Waals surface area contributed by atoms with Crippen molar-refractivity contribution in [2.24, 2.45) is 5.84 Å². The Morgan fingerprint density at radius 3 is 2.78 bits per heavy atom. The highest BCUT2D eigenvalue weighted by Crippen LogP contribution is 2.30. The molecule has 0 aliphatic heterocycles. The van der Waals surface area contributed by atoms with Gasteiger partial charge in [0.1, 0.15) is 5.82 Å². The lowest BCUT2D eigenvalue weighted by Gasteiger charge is -2.35. The first-order valence-electron chi connectivity index (χ1n) is 6.52. The van der Waals surface area contributed by atoms with Gasteiger partial charge < -0.3 is 4.90 Å². The molecule has 0 amide bonds. The van der Waals surface area contributed by atoms with Crippen LogP contribution in [0.1, 0.15) is 39.0 Å². The first kappa shape index (κ1) is 13.5. The first-order chi connectivity index (χ1) is 8.76. The molecule has 1 aliphatic rings. The third kappa shape index (κ3) is 2.92. The van der Waals surface area contributed by atoms with Crippen LogP contribution in [0.5, 0.6) is 0 Å². The zero-order valence-electron chi connectivity index (χ0n) is 10.7. The van der Waals surface area contributed by atoms with Crippen LogP contribution in [0, 0.1) is 0 Å². The Balaban J connectivity index is 2.25. The Kier molecular flexibility index (Phi) is 4.77. The van der Waals surface area contributed by atoms with Crippen LogP contribution in [0.3, 0.4) is 0 Å². The van der Waals surface area contributed by atoms with Crippen molar-refractivity contribution in [1.29, 1.82) is 0 Å². The lowest BCUT2D eigenvalue weighted by Crippen LogP contribution is -2.37. The molecule has 3 N–H and O–H groups in total. The van der Waals surface area contributed by atoms with Crippen molar-refractivity contribution in [3.8, 4) is 0 Å². The summed E-state index contributed by atoms with van der Waals surface area (Å²) in [5.74, 6) is 6.78. The number of rotatable bonds is 4. The van der Waals surface area contributed by atoms with Crippen molar-refractivity contribution in [3.63, 3.8) is 0 Å². The van der Waals surface area contributed by atoms with Crippen molar-refractivity contribution in [2.75, 3.05) is 16.9 Å². The highest BCUT2D eigenvalue weighted by atomic mass is 79.9. The highest BCUT2D eigenvalue weighted by Gasteiger charge is 2.23. The van der Waals surface area contributed by atoms with Gasteiger partial charge in [0.25, 0.3) is 0 Å². The Morgan fingerprint density at radius 2 is 2.17 bits per heavy atom. The van der Waals surface area contributed by atoms with E-state index in [0.29, 0.717) is 12.0 Å². The molecular formula is C12H20BrN5. The Bertz CT molecular complexity index is 392. The second-order valence-corrected chi connectivity index (χ2v) is 5.44. The number of aromatic nitrogens is 2. The van der Waals surface area contributed by atoms with Crippen LogP contribution < -0.4 is 16.2 Å². The zero-order chi connectivity index (χ0) is 13.0. The molecule has 1 aliphatic carbocycles. The molecule has 1 heterocycles. The number of nitrogens with two attached hydrogens (primary N) is 1. The average molecular weight is 314 g/mol. The van der Waals surface area contributed by atoms with Gasteiger partial charge >= 0.3 is 0 Å². The van der Waals surface area contributed by atoms with E-state index in [1.54, 1.807) is 6.20 Å². The van der Waals surface area contributed by atoms with Gasteiger partial charge in [0.05, 0.1) is 4.47 Å². The molecule has 0 saturated heterocycles. The van der Waals surface area contributed by atoms with E-state index in [1.165, 1.54) is 32.1 Å². The molecule has 100 valence electrons. The molecule has 6 heteroatoms. The van der Waals surface area contributed by atoms with Gasteiger partial charge in [-0.05, 0) is 35.7 Å². The summed E-state index contributed by atoms with van der Waals surface area (Å²) in [4.78, 5) is 10.9. The fraction of sp³-hybridized carbons (Fsp3) is 0.667. The molecule has 1 aromatic heterocycles. The number of halogens is 1. The second kappa shape index (κ2) is 6.33. The highest BCUT2D eigenvalue weighted by molar-refractivity contribution is 9.10. The lowest BCUT2D eigenvalue weighted by atomic mass is 9.94. The topological polar surface area (TPSA) is 67.1 Å². The predicted octanol–water partition coefficient (Wildman–Crippen LogP) is 2.68. The predicted molar refractivity (Wildman–Crippen MR) is 77.4 cm³/mol. The zero-order valence-corrected chi connectivity index (χ0v) is 12.3. The molecular weight excluding hydrogens is 294 g/mol. The number of hydrazine groups is 1. The summed E-state index contributed by atoms with van der Waals surface area (Å²) in [5, 5.41) is 0. The van der Waals surface area contributed by atoms with E-state index in [1.807, 2.05) is 0 Å². The summed E-state index contributed by atoms with van der Waals surface area (Å²) in [7, 11) is 0. The molecule has 1 fully saturated rings. The van der Waals surface area contributed by atoms with E-state index in [0.717, 1.165) is 16.8 Å².